The summed E-state index contributed by atoms with van der Waals surface area (Å²) in [6.07, 6.45) is 0. The third-order valence-corrected chi connectivity index (χ3v) is 3.33. The minimum Gasteiger partial charge on any atom is -0.496 e. The fraction of sp³-hybridized carbons (Fsp3) is 0.200. The Bertz CT molecular complexity index is 661. The van der Waals surface area contributed by atoms with Crippen LogP contribution in [0.3, 0.4) is 0 Å². The van der Waals surface area contributed by atoms with E-state index in [1.54, 1.807) is 13.2 Å². The molecule has 0 saturated heterocycles. The van der Waals surface area contributed by atoms with E-state index in [0.717, 1.165) is 11.3 Å². The van der Waals surface area contributed by atoms with Gasteiger partial charge in [-0.3, -0.25) is 0 Å². The second-order valence-corrected chi connectivity index (χ2v) is 4.88. The number of pyridine rings is 1. The van der Waals surface area contributed by atoms with Gasteiger partial charge in [0.25, 0.3) is 0 Å². The van der Waals surface area contributed by atoms with Crippen molar-refractivity contribution < 1.29 is 14.6 Å². The van der Waals surface area contributed by atoms with Crippen LogP contribution in [0.2, 0.25) is 5.02 Å². The van der Waals surface area contributed by atoms with Crippen LogP contribution in [0, 0.1) is 0 Å². The summed E-state index contributed by atoms with van der Waals surface area (Å²) in [6.45, 7) is 0.539. The molecule has 2 rings (SSSR count). The molecule has 21 heavy (non-hydrogen) atoms. The number of carbonyl (C=O) groups is 1. The maximum atomic E-state index is 11.1. The number of hydrogen-bond donors (Lipinski definition) is 1. The summed E-state index contributed by atoms with van der Waals surface area (Å²) < 4.78 is 5.30. The lowest BCUT2D eigenvalue weighted by Gasteiger charge is -2.20. The molecular weight excluding hydrogens is 292 g/mol. The lowest BCUT2D eigenvalue weighted by Crippen LogP contribution is -2.19. The summed E-state index contributed by atoms with van der Waals surface area (Å²) in [6, 6.07) is 10.9. The largest absolute Gasteiger partial charge is 0.496 e. The van der Waals surface area contributed by atoms with Crippen LogP contribution >= 0.6 is 11.6 Å². The van der Waals surface area contributed by atoms with E-state index in [2.05, 4.69) is 4.98 Å². The van der Waals surface area contributed by atoms with Gasteiger partial charge in [0.15, 0.2) is 5.69 Å². The molecule has 0 spiro atoms. The van der Waals surface area contributed by atoms with Gasteiger partial charge in [-0.1, -0.05) is 29.8 Å². The predicted molar refractivity (Wildman–Crippen MR) is 81.3 cm³/mol. The van der Waals surface area contributed by atoms with Crippen molar-refractivity contribution in [2.75, 3.05) is 19.1 Å². The molecule has 0 saturated carbocycles. The molecule has 110 valence electrons. The number of rotatable bonds is 5. The van der Waals surface area contributed by atoms with E-state index >= 15 is 0 Å². The molecule has 0 atom stereocenters. The second kappa shape index (κ2) is 6.45. The van der Waals surface area contributed by atoms with Crippen molar-refractivity contribution in [3.05, 3.63) is 52.7 Å². The summed E-state index contributed by atoms with van der Waals surface area (Å²) in [4.78, 5) is 17.0. The zero-order valence-electron chi connectivity index (χ0n) is 11.7. The van der Waals surface area contributed by atoms with Gasteiger partial charge in [-0.05, 0) is 18.2 Å². The van der Waals surface area contributed by atoms with Crippen LogP contribution < -0.4 is 9.64 Å². The highest BCUT2D eigenvalue weighted by molar-refractivity contribution is 6.33. The number of hydrogen-bond acceptors (Lipinski definition) is 4. The van der Waals surface area contributed by atoms with Crippen LogP contribution in [0.15, 0.2) is 36.4 Å². The fourth-order valence-corrected chi connectivity index (χ4v) is 2.15. The van der Waals surface area contributed by atoms with Crippen LogP contribution in [0.25, 0.3) is 0 Å². The number of carboxylic acid groups (broad SMARTS) is 1. The molecule has 1 heterocycles. The Balaban J connectivity index is 2.26. The maximum absolute atomic E-state index is 11.1. The first-order valence-corrected chi connectivity index (χ1v) is 6.63. The number of para-hydroxylation sites is 1. The topological polar surface area (TPSA) is 62.7 Å². The van der Waals surface area contributed by atoms with Gasteiger partial charge in [0, 0.05) is 19.2 Å². The number of methoxy groups -OCH3 is 1. The highest BCUT2D eigenvalue weighted by atomic mass is 35.5. The Labute approximate surface area is 127 Å². The van der Waals surface area contributed by atoms with E-state index in [4.69, 9.17) is 21.4 Å². The summed E-state index contributed by atoms with van der Waals surface area (Å²) in [5.41, 5.74) is 0.831. The summed E-state index contributed by atoms with van der Waals surface area (Å²) in [5, 5.41) is 9.18. The van der Waals surface area contributed by atoms with Crippen LogP contribution in [0.1, 0.15) is 16.1 Å². The molecular formula is C15H15ClN2O3. The predicted octanol–water partition coefficient (Wildman–Crippen LogP) is 3.08. The lowest BCUT2D eigenvalue weighted by molar-refractivity contribution is 0.0691. The van der Waals surface area contributed by atoms with Gasteiger partial charge in [0.2, 0.25) is 0 Å². The number of nitrogens with zero attached hydrogens (tertiary/aromatic N) is 2. The number of halogens is 1. The van der Waals surface area contributed by atoms with Crippen LogP contribution in [-0.4, -0.2) is 30.2 Å². The zero-order valence-corrected chi connectivity index (χ0v) is 12.5. The molecule has 0 radical (unpaired) electrons. The first-order chi connectivity index (χ1) is 10.0. The second-order valence-electron chi connectivity index (χ2n) is 4.47. The van der Waals surface area contributed by atoms with E-state index in [1.165, 1.54) is 6.07 Å². The number of anilines is 1. The van der Waals surface area contributed by atoms with Gasteiger partial charge in [-0.2, -0.15) is 0 Å². The van der Waals surface area contributed by atoms with Gasteiger partial charge in [-0.15, -0.1) is 0 Å². The SMILES string of the molecule is COc1ccccc1CN(C)c1ccc(Cl)c(C(=O)O)n1. The first kappa shape index (κ1) is 15.1. The Hall–Kier alpha value is -2.27. The molecule has 2 aromatic rings. The molecule has 0 aliphatic carbocycles. The molecule has 0 unspecified atom stereocenters. The molecule has 1 aromatic heterocycles. The minimum absolute atomic E-state index is 0.122. The number of aromatic nitrogens is 1. The van der Waals surface area contributed by atoms with Gasteiger partial charge in [-0.25, -0.2) is 9.78 Å². The molecule has 0 aliphatic heterocycles. The minimum atomic E-state index is -1.15. The Morgan fingerprint density at radius 2 is 2.05 bits per heavy atom. The highest BCUT2D eigenvalue weighted by Gasteiger charge is 2.14. The Morgan fingerprint density at radius 1 is 1.33 bits per heavy atom. The molecule has 1 N–H and O–H groups in total. The smallest absolute Gasteiger partial charge is 0.356 e. The summed E-state index contributed by atoms with van der Waals surface area (Å²) >= 11 is 5.82. The van der Waals surface area contributed by atoms with E-state index in [0.29, 0.717) is 12.4 Å². The van der Waals surface area contributed by atoms with Gasteiger partial charge >= 0.3 is 5.97 Å². The van der Waals surface area contributed by atoms with Gasteiger partial charge < -0.3 is 14.7 Å². The van der Waals surface area contributed by atoms with Crippen LogP contribution in [-0.2, 0) is 6.54 Å². The fourth-order valence-electron chi connectivity index (χ4n) is 1.96. The number of carboxylic acids is 1. The van der Waals surface area contributed by atoms with Crippen molar-refractivity contribution in [1.82, 2.24) is 4.98 Å². The number of aromatic carboxylic acids is 1. The van der Waals surface area contributed by atoms with Crippen molar-refractivity contribution in [3.8, 4) is 5.75 Å². The van der Waals surface area contributed by atoms with Crippen LogP contribution in [0.5, 0.6) is 5.75 Å². The third-order valence-electron chi connectivity index (χ3n) is 3.03. The van der Waals surface area contributed by atoms with Crippen molar-refractivity contribution in [2.45, 2.75) is 6.54 Å². The molecule has 0 bridgehead atoms. The van der Waals surface area contributed by atoms with Crippen molar-refractivity contribution in [2.24, 2.45) is 0 Å². The molecule has 6 heteroatoms. The van der Waals surface area contributed by atoms with Crippen molar-refractivity contribution in [3.63, 3.8) is 0 Å². The Kier molecular flexibility index (Phi) is 4.65. The maximum Gasteiger partial charge on any atom is 0.356 e. The average Bonchev–Trinajstić information content (AvgIpc) is 2.47. The van der Waals surface area contributed by atoms with Crippen molar-refractivity contribution in [1.29, 1.82) is 0 Å². The van der Waals surface area contributed by atoms with Gasteiger partial charge in [0.05, 0.1) is 12.1 Å². The quantitative estimate of drug-likeness (QED) is 0.919. The summed E-state index contributed by atoms with van der Waals surface area (Å²) in [5.74, 6) is 0.159. The van der Waals surface area contributed by atoms with Crippen LogP contribution in [0.4, 0.5) is 5.82 Å². The van der Waals surface area contributed by atoms with E-state index in [1.807, 2.05) is 36.2 Å². The standard InChI is InChI=1S/C15H15ClN2O3/c1-18(9-10-5-3-4-6-12(10)21-2)13-8-7-11(16)14(17-13)15(19)20/h3-8H,9H2,1-2H3,(H,19,20). The monoisotopic (exact) mass is 306 g/mol. The Morgan fingerprint density at radius 3 is 2.71 bits per heavy atom. The summed E-state index contributed by atoms with van der Waals surface area (Å²) in [7, 11) is 3.44. The highest BCUT2D eigenvalue weighted by Crippen LogP contribution is 2.23. The normalized spacial score (nSPS) is 10.2. The third kappa shape index (κ3) is 3.44. The molecule has 5 nitrogen and oxygen atoms in total. The van der Waals surface area contributed by atoms with Gasteiger partial charge in [0.1, 0.15) is 11.6 Å². The average molecular weight is 307 g/mol. The van der Waals surface area contributed by atoms with E-state index in [-0.39, 0.29) is 10.7 Å². The van der Waals surface area contributed by atoms with E-state index < -0.39 is 5.97 Å². The molecule has 0 amide bonds. The first-order valence-electron chi connectivity index (χ1n) is 6.25. The van der Waals surface area contributed by atoms with E-state index in [9.17, 15) is 4.79 Å². The molecule has 0 fully saturated rings. The van der Waals surface area contributed by atoms with Crippen molar-refractivity contribution >= 4 is 23.4 Å². The molecule has 1 aromatic carbocycles. The lowest BCUT2D eigenvalue weighted by atomic mass is 10.2. The number of ether oxygens (including phenoxy) is 1. The number of benzene rings is 1. The zero-order chi connectivity index (χ0) is 15.4. The molecule has 0 aliphatic rings.